The van der Waals surface area contributed by atoms with Gasteiger partial charge < -0.3 is 10.5 Å². The molecule has 0 spiro atoms. The second-order valence-electron chi connectivity index (χ2n) is 3.50. The van der Waals surface area contributed by atoms with Crippen molar-refractivity contribution >= 4 is 5.84 Å². The van der Waals surface area contributed by atoms with E-state index in [0.717, 1.165) is 0 Å². The Hall–Kier alpha value is -2.36. The average Bonchev–Trinajstić information content (AvgIpc) is 2.29. The van der Waals surface area contributed by atoms with E-state index in [1.165, 1.54) is 12.1 Å². The third-order valence-corrected chi connectivity index (χ3v) is 2.20. The number of halogens is 1. The van der Waals surface area contributed by atoms with E-state index in [0.29, 0.717) is 17.1 Å². The molecule has 0 fully saturated rings. The fourth-order valence-electron chi connectivity index (χ4n) is 1.37. The molecule has 2 aromatic carbocycles. The topological polar surface area (TPSA) is 59.1 Å². The first-order valence-corrected chi connectivity index (χ1v) is 5.03. The first-order chi connectivity index (χ1) is 8.15. The molecule has 3 N–H and O–H groups in total. The molecule has 0 radical (unpaired) electrons. The van der Waals surface area contributed by atoms with Crippen LogP contribution in [0.5, 0.6) is 11.5 Å². The van der Waals surface area contributed by atoms with E-state index in [1.807, 2.05) is 0 Å². The van der Waals surface area contributed by atoms with Gasteiger partial charge in [-0.25, -0.2) is 4.39 Å². The molecule has 0 aliphatic carbocycles. The molecule has 3 nitrogen and oxygen atoms in total. The van der Waals surface area contributed by atoms with Crippen LogP contribution in [0.3, 0.4) is 0 Å². The third kappa shape index (κ3) is 2.81. The molecule has 0 amide bonds. The molecule has 86 valence electrons. The molecule has 17 heavy (non-hydrogen) atoms. The van der Waals surface area contributed by atoms with Gasteiger partial charge in [-0.05, 0) is 36.4 Å². The Morgan fingerprint density at radius 2 is 1.76 bits per heavy atom. The zero-order valence-electron chi connectivity index (χ0n) is 8.98. The normalized spacial score (nSPS) is 9.94. The summed E-state index contributed by atoms with van der Waals surface area (Å²) in [6.45, 7) is 0. The van der Waals surface area contributed by atoms with Crippen LogP contribution < -0.4 is 10.5 Å². The van der Waals surface area contributed by atoms with Crippen LogP contribution in [0.1, 0.15) is 5.56 Å². The number of ether oxygens (including phenoxy) is 1. The van der Waals surface area contributed by atoms with E-state index in [1.54, 1.807) is 36.4 Å². The van der Waals surface area contributed by atoms with Crippen LogP contribution in [0.25, 0.3) is 0 Å². The fourth-order valence-corrected chi connectivity index (χ4v) is 1.37. The molecule has 0 heterocycles. The molecular weight excluding hydrogens is 219 g/mol. The zero-order valence-corrected chi connectivity index (χ0v) is 8.98. The van der Waals surface area contributed by atoms with Crippen molar-refractivity contribution in [3.05, 3.63) is 59.9 Å². The van der Waals surface area contributed by atoms with Crippen LogP contribution in [0.4, 0.5) is 4.39 Å². The minimum Gasteiger partial charge on any atom is -0.457 e. The number of benzene rings is 2. The van der Waals surface area contributed by atoms with Gasteiger partial charge in [0.2, 0.25) is 0 Å². The van der Waals surface area contributed by atoms with Crippen molar-refractivity contribution in [2.45, 2.75) is 0 Å². The molecule has 2 rings (SSSR count). The van der Waals surface area contributed by atoms with E-state index in [-0.39, 0.29) is 11.7 Å². The summed E-state index contributed by atoms with van der Waals surface area (Å²) in [5.74, 6) is 0.659. The van der Waals surface area contributed by atoms with Crippen LogP contribution >= 0.6 is 0 Å². The Balaban J connectivity index is 2.16. The van der Waals surface area contributed by atoms with Gasteiger partial charge in [-0.3, -0.25) is 5.41 Å². The molecule has 0 saturated carbocycles. The summed E-state index contributed by atoms with van der Waals surface area (Å²) in [4.78, 5) is 0. The van der Waals surface area contributed by atoms with Gasteiger partial charge in [0.05, 0.1) is 0 Å². The summed E-state index contributed by atoms with van der Waals surface area (Å²) < 4.78 is 18.4. The van der Waals surface area contributed by atoms with Gasteiger partial charge in [-0.1, -0.05) is 6.07 Å². The highest BCUT2D eigenvalue weighted by atomic mass is 19.1. The standard InChI is InChI=1S/C13H11FN2O/c14-10-2-1-3-12(8-10)17-11-6-4-9(5-7-11)13(15)16/h1-8H,(H3,15,16). The van der Waals surface area contributed by atoms with Gasteiger partial charge in [0, 0.05) is 11.6 Å². The Morgan fingerprint density at radius 1 is 1.06 bits per heavy atom. The zero-order chi connectivity index (χ0) is 12.3. The highest BCUT2D eigenvalue weighted by Gasteiger charge is 2.00. The molecule has 0 atom stereocenters. The van der Waals surface area contributed by atoms with Crippen LogP contribution in [-0.2, 0) is 0 Å². The van der Waals surface area contributed by atoms with Gasteiger partial charge in [0.25, 0.3) is 0 Å². The predicted octanol–water partition coefficient (Wildman–Crippen LogP) is 2.90. The van der Waals surface area contributed by atoms with Crippen molar-refractivity contribution < 1.29 is 9.13 Å². The second-order valence-corrected chi connectivity index (χ2v) is 3.50. The first-order valence-electron chi connectivity index (χ1n) is 5.03. The molecule has 0 bridgehead atoms. The number of nitrogen functional groups attached to an aromatic ring is 1. The van der Waals surface area contributed by atoms with Gasteiger partial charge in [0.15, 0.2) is 0 Å². The van der Waals surface area contributed by atoms with Gasteiger partial charge in [-0.2, -0.15) is 0 Å². The molecule has 0 unspecified atom stereocenters. The smallest absolute Gasteiger partial charge is 0.130 e. The number of rotatable bonds is 3. The largest absolute Gasteiger partial charge is 0.457 e. The van der Waals surface area contributed by atoms with Crippen molar-refractivity contribution in [2.24, 2.45) is 5.73 Å². The maximum atomic E-state index is 12.9. The molecule has 0 aromatic heterocycles. The minimum atomic E-state index is -0.345. The van der Waals surface area contributed by atoms with Crippen LogP contribution in [0.2, 0.25) is 0 Å². The van der Waals surface area contributed by atoms with Gasteiger partial charge in [-0.15, -0.1) is 0 Å². The Morgan fingerprint density at radius 3 is 2.35 bits per heavy atom. The van der Waals surface area contributed by atoms with Crippen LogP contribution in [0, 0.1) is 11.2 Å². The van der Waals surface area contributed by atoms with E-state index in [4.69, 9.17) is 15.9 Å². The highest BCUT2D eigenvalue weighted by molar-refractivity contribution is 5.94. The lowest BCUT2D eigenvalue weighted by molar-refractivity contribution is 0.477. The maximum Gasteiger partial charge on any atom is 0.130 e. The van der Waals surface area contributed by atoms with Gasteiger partial charge in [0.1, 0.15) is 23.2 Å². The SMILES string of the molecule is N=C(N)c1ccc(Oc2cccc(F)c2)cc1. The van der Waals surface area contributed by atoms with E-state index in [9.17, 15) is 4.39 Å². The summed E-state index contributed by atoms with van der Waals surface area (Å²) >= 11 is 0. The molecule has 2 aromatic rings. The van der Waals surface area contributed by atoms with Crippen molar-refractivity contribution in [3.8, 4) is 11.5 Å². The summed E-state index contributed by atoms with van der Waals surface area (Å²) in [6.07, 6.45) is 0. The number of nitrogens with two attached hydrogens (primary N) is 1. The predicted molar refractivity (Wildman–Crippen MR) is 63.9 cm³/mol. The van der Waals surface area contributed by atoms with Crippen LogP contribution in [0.15, 0.2) is 48.5 Å². The summed E-state index contributed by atoms with van der Waals surface area (Å²) in [7, 11) is 0. The Labute approximate surface area is 98.2 Å². The van der Waals surface area contributed by atoms with Crippen molar-refractivity contribution in [1.29, 1.82) is 5.41 Å². The quantitative estimate of drug-likeness (QED) is 0.629. The average molecular weight is 230 g/mol. The fraction of sp³-hybridized carbons (Fsp3) is 0. The number of hydrogen-bond donors (Lipinski definition) is 2. The lowest BCUT2D eigenvalue weighted by atomic mass is 10.2. The van der Waals surface area contributed by atoms with E-state index >= 15 is 0 Å². The number of nitrogens with one attached hydrogen (secondary N) is 1. The van der Waals surface area contributed by atoms with Crippen molar-refractivity contribution in [3.63, 3.8) is 0 Å². The van der Waals surface area contributed by atoms with E-state index in [2.05, 4.69) is 0 Å². The summed E-state index contributed by atoms with van der Waals surface area (Å²) in [5, 5.41) is 7.24. The summed E-state index contributed by atoms with van der Waals surface area (Å²) in [6, 6.07) is 12.6. The third-order valence-electron chi connectivity index (χ3n) is 2.20. The highest BCUT2D eigenvalue weighted by Crippen LogP contribution is 2.22. The molecule has 4 heteroatoms. The molecule has 0 aliphatic rings. The van der Waals surface area contributed by atoms with Crippen molar-refractivity contribution in [1.82, 2.24) is 0 Å². The van der Waals surface area contributed by atoms with Crippen LogP contribution in [-0.4, -0.2) is 5.84 Å². The molecular formula is C13H11FN2O. The monoisotopic (exact) mass is 230 g/mol. The minimum absolute atomic E-state index is 0.00213. The van der Waals surface area contributed by atoms with Gasteiger partial charge >= 0.3 is 0 Å². The molecule has 0 saturated heterocycles. The first kappa shape index (κ1) is 11.1. The number of amidine groups is 1. The van der Waals surface area contributed by atoms with E-state index < -0.39 is 0 Å². The number of hydrogen-bond acceptors (Lipinski definition) is 2. The maximum absolute atomic E-state index is 12.9. The van der Waals surface area contributed by atoms with Crippen molar-refractivity contribution in [2.75, 3.05) is 0 Å². The summed E-state index contributed by atoms with van der Waals surface area (Å²) in [5.41, 5.74) is 5.95. The second kappa shape index (κ2) is 4.65. The Bertz CT molecular complexity index is 537. The Kier molecular flexibility index (Phi) is 3.05. The lowest BCUT2D eigenvalue weighted by Gasteiger charge is -2.06. The molecule has 0 aliphatic heterocycles. The lowest BCUT2D eigenvalue weighted by Crippen LogP contribution is -2.10.